The van der Waals surface area contributed by atoms with E-state index in [0.717, 1.165) is 38.9 Å². The fourth-order valence-corrected chi connectivity index (χ4v) is 7.50. The smallest absolute Gasteiger partial charge is 0.336 e. The van der Waals surface area contributed by atoms with Crippen LogP contribution >= 0.6 is 11.8 Å². The molecule has 1 aromatic heterocycles. The van der Waals surface area contributed by atoms with Gasteiger partial charge in [0.2, 0.25) is 0 Å². The molecule has 0 bridgehead atoms. The maximum absolute atomic E-state index is 12.9. The van der Waals surface area contributed by atoms with E-state index in [2.05, 4.69) is 22.2 Å². The van der Waals surface area contributed by atoms with Crippen LogP contribution in [0.5, 0.6) is 0 Å². The molecular formula is C42H37N3O6S. The third kappa shape index (κ3) is 7.90. The van der Waals surface area contributed by atoms with Crippen LogP contribution in [0.4, 0.5) is 0 Å². The van der Waals surface area contributed by atoms with Gasteiger partial charge in [0.15, 0.2) is 6.29 Å². The van der Waals surface area contributed by atoms with Gasteiger partial charge < -0.3 is 25.0 Å². The van der Waals surface area contributed by atoms with Crippen molar-refractivity contribution in [3.05, 3.63) is 161 Å². The topological polar surface area (TPSA) is 131 Å². The lowest BCUT2D eigenvalue weighted by Gasteiger charge is -2.41. The van der Waals surface area contributed by atoms with Gasteiger partial charge in [0, 0.05) is 28.7 Å². The number of rotatable bonds is 11. The highest BCUT2D eigenvalue weighted by Crippen LogP contribution is 2.43. The van der Waals surface area contributed by atoms with Crippen LogP contribution in [0.1, 0.15) is 62.4 Å². The van der Waals surface area contributed by atoms with Gasteiger partial charge in [-0.25, -0.2) is 9.78 Å². The Morgan fingerprint density at radius 3 is 2.29 bits per heavy atom. The quantitative estimate of drug-likeness (QED) is 0.114. The molecule has 10 heteroatoms. The van der Waals surface area contributed by atoms with E-state index in [0.29, 0.717) is 22.7 Å². The summed E-state index contributed by atoms with van der Waals surface area (Å²) >= 11 is 1.46. The van der Waals surface area contributed by atoms with Crippen LogP contribution in [0.3, 0.4) is 0 Å². The summed E-state index contributed by atoms with van der Waals surface area (Å²) < 4.78 is 13.2. The van der Waals surface area contributed by atoms with Crippen LogP contribution in [0, 0.1) is 5.92 Å². The molecule has 4 atom stereocenters. The number of hydrogen-bond donors (Lipinski definition) is 3. The molecule has 7 rings (SSSR count). The maximum Gasteiger partial charge on any atom is 0.336 e. The zero-order valence-electron chi connectivity index (χ0n) is 28.4. The molecule has 0 unspecified atom stereocenters. The van der Waals surface area contributed by atoms with E-state index in [4.69, 9.17) is 9.47 Å². The van der Waals surface area contributed by atoms with Crippen LogP contribution in [-0.4, -0.2) is 43.9 Å². The first-order valence-electron chi connectivity index (χ1n) is 17.0. The van der Waals surface area contributed by atoms with Gasteiger partial charge in [-0.15, -0.1) is 11.8 Å². The zero-order valence-corrected chi connectivity index (χ0v) is 29.2. The van der Waals surface area contributed by atoms with Crippen molar-refractivity contribution in [3.63, 3.8) is 0 Å². The Morgan fingerprint density at radius 2 is 1.52 bits per heavy atom. The number of carbonyl (C=O) groups excluding carboxylic acids is 1. The molecule has 3 N–H and O–H groups in total. The van der Waals surface area contributed by atoms with E-state index >= 15 is 0 Å². The molecule has 1 aliphatic rings. The molecular weight excluding hydrogens is 675 g/mol. The Morgan fingerprint density at radius 1 is 0.788 bits per heavy atom. The number of aliphatic hydroxyl groups is 1. The highest BCUT2D eigenvalue weighted by Gasteiger charge is 2.38. The van der Waals surface area contributed by atoms with E-state index in [-0.39, 0.29) is 41.9 Å². The van der Waals surface area contributed by atoms with Crippen molar-refractivity contribution < 1.29 is 29.3 Å². The number of amides is 1. The molecule has 0 spiro atoms. The van der Waals surface area contributed by atoms with Gasteiger partial charge in [-0.05, 0) is 58.1 Å². The van der Waals surface area contributed by atoms with Crippen molar-refractivity contribution >= 4 is 34.7 Å². The minimum atomic E-state index is -0.963. The summed E-state index contributed by atoms with van der Waals surface area (Å²) in [5, 5.41) is 22.3. The molecule has 1 fully saturated rings. The SMILES string of the molecule is C[C@H]1[C@@H](CSc2ccccc2C(=O)O)O[C@@H](c2ccc(-c3cccc(CNC(=O)c4cnc5ccccc5n4)c3)cc2)O[C@H]1c1ccc(CO)cc1. The first-order valence-corrected chi connectivity index (χ1v) is 18.0. The number of ether oxygens (including phenoxy) is 2. The number of thioether (sulfide) groups is 1. The first kappa shape index (κ1) is 35.0. The number of carboxylic acid groups (broad SMARTS) is 1. The van der Waals surface area contributed by atoms with E-state index in [1.807, 2.05) is 109 Å². The summed E-state index contributed by atoms with van der Waals surface area (Å²) in [7, 11) is 0. The number of para-hydroxylation sites is 2. The lowest BCUT2D eigenvalue weighted by Crippen LogP contribution is -2.38. The molecule has 5 aromatic carbocycles. The minimum Gasteiger partial charge on any atom is -0.478 e. The largest absolute Gasteiger partial charge is 0.478 e. The molecule has 0 saturated carbocycles. The third-order valence-corrected chi connectivity index (χ3v) is 10.4. The maximum atomic E-state index is 12.9. The number of aromatic nitrogens is 2. The first-order chi connectivity index (χ1) is 25.4. The average Bonchev–Trinajstić information content (AvgIpc) is 3.19. The summed E-state index contributed by atoms with van der Waals surface area (Å²) in [5.41, 5.74) is 7.52. The number of nitrogens with zero attached hydrogens (tertiary/aromatic N) is 2. The van der Waals surface area contributed by atoms with Gasteiger partial charge in [-0.1, -0.05) is 97.9 Å². The average molecular weight is 712 g/mol. The molecule has 0 aliphatic carbocycles. The number of aromatic carboxylic acids is 1. The highest BCUT2D eigenvalue weighted by molar-refractivity contribution is 7.99. The third-order valence-electron chi connectivity index (χ3n) is 9.22. The summed E-state index contributed by atoms with van der Waals surface area (Å²) in [4.78, 5) is 34.2. The predicted octanol–water partition coefficient (Wildman–Crippen LogP) is 8.00. The molecule has 1 aliphatic heterocycles. The van der Waals surface area contributed by atoms with Crippen LogP contribution in [0.2, 0.25) is 0 Å². The van der Waals surface area contributed by atoms with Crippen molar-refractivity contribution in [2.24, 2.45) is 5.92 Å². The molecule has 6 aromatic rings. The van der Waals surface area contributed by atoms with Gasteiger partial charge in [0.25, 0.3) is 5.91 Å². The molecule has 1 amide bonds. The van der Waals surface area contributed by atoms with E-state index < -0.39 is 12.3 Å². The molecule has 1 saturated heterocycles. The van der Waals surface area contributed by atoms with Gasteiger partial charge in [0.05, 0.1) is 41.6 Å². The van der Waals surface area contributed by atoms with Crippen molar-refractivity contribution in [2.75, 3.05) is 5.75 Å². The standard InChI is InChI=1S/C42H37N3O6S/c1-26-37(25-52-38-12-5-2-9-33(38)41(48)49)50-42(51-39(26)30-15-13-27(24-46)14-16-30)31-19-17-29(18-20-31)32-8-6-7-28(21-32)22-44-40(47)36-23-43-34-10-3-4-11-35(34)45-36/h2-21,23,26,37,39,42,46H,22,24-25H2,1H3,(H,44,47)(H,48,49)/t26-,37+,39+,42+/m0/s1. The van der Waals surface area contributed by atoms with Crippen molar-refractivity contribution in [3.8, 4) is 11.1 Å². The number of carboxylic acids is 1. The second-order valence-corrected chi connectivity index (χ2v) is 13.7. The van der Waals surface area contributed by atoms with Gasteiger partial charge in [-0.3, -0.25) is 9.78 Å². The Kier molecular flexibility index (Phi) is 10.7. The Balaban J connectivity index is 1.07. The fraction of sp³-hybridized carbons (Fsp3) is 0.190. The highest BCUT2D eigenvalue weighted by atomic mass is 32.2. The molecule has 52 heavy (non-hydrogen) atoms. The van der Waals surface area contributed by atoms with Crippen LogP contribution in [0.25, 0.3) is 22.2 Å². The number of fused-ring (bicyclic) bond motifs is 1. The predicted molar refractivity (Wildman–Crippen MR) is 200 cm³/mol. The Bertz CT molecular complexity index is 2190. The van der Waals surface area contributed by atoms with Gasteiger partial charge in [0.1, 0.15) is 5.69 Å². The second kappa shape index (κ2) is 15.9. The number of benzene rings is 5. The van der Waals surface area contributed by atoms with Crippen LogP contribution in [-0.2, 0) is 22.6 Å². The second-order valence-electron chi connectivity index (χ2n) is 12.7. The number of aliphatic hydroxyl groups excluding tert-OH is 1. The number of carbonyl (C=O) groups is 2. The normalized spacial score (nSPS) is 18.6. The van der Waals surface area contributed by atoms with Crippen molar-refractivity contribution in [1.82, 2.24) is 15.3 Å². The lowest BCUT2D eigenvalue weighted by molar-refractivity contribution is -0.268. The van der Waals surface area contributed by atoms with E-state index in [1.165, 1.54) is 18.0 Å². The Labute approximate surface area is 305 Å². The summed E-state index contributed by atoms with van der Waals surface area (Å²) in [6, 6.07) is 38.3. The van der Waals surface area contributed by atoms with Crippen LogP contribution in [0.15, 0.2) is 132 Å². The van der Waals surface area contributed by atoms with Gasteiger partial charge in [-0.2, -0.15) is 0 Å². The molecule has 0 radical (unpaired) electrons. The number of nitrogens with one attached hydrogen (secondary N) is 1. The summed E-state index contributed by atoms with van der Waals surface area (Å²) in [5.74, 6) is -0.766. The molecule has 9 nitrogen and oxygen atoms in total. The summed E-state index contributed by atoms with van der Waals surface area (Å²) in [6.07, 6.45) is 0.289. The zero-order chi connectivity index (χ0) is 36.0. The Hall–Kier alpha value is -5.39. The van der Waals surface area contributed by atoms with Crippen LogP contribution < -0.4 is 5.32 Å². The molecule has 2 heterocycles. The lowest BCUT2D eigenvalue weighted by atomic mass is 9.91. The minimum absolute atomic E-state index is 0.0419. The van der Waals surface area contributed by atoms with Crippen molar-refractivity contribution in [2.45, 2.75) is 43.5 Å². The fourth-order valence-electron chi connectivity index (χ4n) is 6.28. The monoisotopic (exact) mass is 711 g/mol. The summed E-state index contributed by atoms with van der Waals surface area (Å²) in [6.45, 7) is 2.38. The van der Waals surface area contributed by atoms with E-state index in [9.17, 15) is 19.8 Å². The number of hydrogen-bond acceptors (Lipinski definition) is 8. The van der Waals surface area contributed by atoms with Gasteiger partial charge >= 0.3 is 5.97 Å². The van der Waals surface area contributed by atoms with E-state index in [1.54, 1.807) is 12.1 Å². The molecule has 262 valence electrons. The van der Waals surface area contributed by atoms with Crippen molar-refractivity contribution in [1.29, 1.82) is 0 Å².